The van der Waals surface area contributed by atoms with Gasteiger partial charge in [0.15, 0.2) is 0 Å². The normalized spacial score (nSPS) is 10.3. The van der Waals surface area contributed by atoms with E-state index in [0.29, 0.717) is 10.6 Å². The van der Waals surface area contributed by atoms with Gasteiger partial charge in [-0.1, -0.05) is 51.3 Å². The summed E-state index contributed by atoms with van der Waals surface area (Å²) < 4.78 is 6.17. The van der Waals surface area contributed by atoms with Gasteiger partial charge in [0.05, 0.1) is 10.6 Å². The average Bonchev–Trinajstić information content (AvgIpc) is 2.37. The van der Waals surface area contributed by atoms with E-state index in [1.807, 2.05) is 24.3 Å². The predicted molar refractivity (Wildman–Crippen MR) is 79.7 cm³/mol. The van der Waals surface area contributed by atoms with Crippen molar-refractivity contribution < 1.29 is 9.53 Å². The summed E-state index contributed by atoms with van der Waals surface area (Å²) in [5, 5.41) is 0.766. The van der Waals surface area contributed by atoms with Crippen LogP contribution in [0, 0.1) is 0 Å². The molecule has 0 saturated heterocycles. The molecule has 2 aromatic carbocycles. The van der Waals surface area contributed by atoms with Gasteiger partial charge in [-0.15, -0.1) is 0 Å². The number of benzene rings is 2. The van der Waals surface area contributed by atoms with Crippen LogP contribution in [0.25, 0.3) is 0 Å². The summed E-state index contributed by atoms with van der Waals surface area (Å²) in [5.41, 5.74) is 1.21. The van der Waals surface area contributed by atoms with Crippen molar-refractivity contribution in [1.29, 1.82) is 0 Å². The molecule has 0 unspecified atom stereocenters. The van der Waals surface area contributed by atoms with Crippen LogP contribution in [-0.2, 0) is 11.3 Å². The minimum atomic E-state index is -0.468. The molecule has 2 rings (SSSR count). The number of hydrogen-bond donors (Lipinski definition) is 0. The van der Waals surface area contributed by atoms with Gasteiger partial charge < -0.3 is 4.74 Å². The van der Waals surface area contributed by atoms with Crippen molar-refractivity contribution in [3.05, 3.63) is 68.1 Å². The Kier molecular flexibility index (Phi) is 4.86. The van der Waals surface area contributed by atoms with Crippen LogP contribution < -0.4 is 0 Å². The van der Waals surface area contributed by atoms with Crippen LogP contribution in [0.15, 0.2) is 46.9 Å². The topological polar surface area (TPSA) is 26.3 Å². The number of esters is 1. The Balaban J connectivity index is 2.03. The van der Waals surface area contributed by atoms with E-state index in [2.05, 4.69) is 15.9 Å². The molecule has 0 amide bonds. The Hall–Kier alpha value is -1.03. The summed E-state index contributed by atoms with van der Waals surface area (Å²) >= 11 is 15.0. The highest BCUT2D eigenvalue weighted by molar-refractivity contribution is 9.10. The van der Waals surface area contributed by atoms with Crippen molar-refractivity contribution in [3.63, 3.8) is 0 Å². The first-order chi connectivity index (χ1) is 9.06. The number of carbonyl (C=O) groups is 1. The van der Waals surface area contributed by atoms with Crippen LogP contribution in [0.1, 0.15) is 15.9 Å². The minimum Gasteiger partial charge on any atom is -0.457 e. The van der Waals surface area contributed by atoms with Crippen molar-refractivity contribution in [2.45, 2.75) is 6.61 Å². The Morgan fingerprint density at radius 2 is 1.79 bits per heavy atom. The fraction of sp³-hybridized carbons (Fsp3) is 0.0714. The summed E-state index contributed by atoms with van der Waals surface area (Å²) in [4.78, 5) is 11.9. The molecule has 98 valence electrons. The van der Waals surface area contributed by atoms with Crippen molar-refractivity contribution in [2.75, 3.05) is 0 Å². The molecule has 2 aromatic rings. The van der Waals surface area contributed by atoms with E-state index in [4.69, 9.17) is 27.9 Å². The number of rotatable bonds is 3. The first-order valence-corrected chi connectivity index (χ1v) is 6.98. The summed E-state index contributed by atoms with van der Waals surface area (Å²) in [6, 6.07) is 12.2. The molecule has 5 heteroatoms. The first kappa shape index (κ1) is 14.4. The summed E-state index contributed by atoms with van der Waals surface area (Å²) in [7, 11) is 0. The van der Waals surface area contributed by atoms with Gasteiger partial charge in [0.25, 0.3) is 0 Å². The lowest BCUT2D eigenvalue weighted by molar-refractivity contribution is 0.0473. The third-order valence-corrected chi connectivity index (χ3v) is 3.51. The van der Waals surface area contributed by atoms with E-state index in [1.165, 1.54) is 6.07 Å². The van der Waals surface area contributed by atoms with E-state index in [0.717, 1.165) is 10.0 Å². The van der Waals surface area contributed by atoms with Gasteiger partial charge in [0.2, 0.25) is 0 Å². The van der Waals surface area contributed by atoms with Crippen LogP contribution >= 0.6 is 39.1 Å². The summed E-state index contributed by atoms with van der Waals surface area (Å²) in [5.74, 6) is -0.468. The van der Waals surface area contributed by atoms with Gasteiger partial charge in [0.1, 0.15) is 6.61 Å². The lowest BCUT2D eigenvalue weighted by Gasteiger charge is -2.06. The fourth-order valence-corrected chi connectivity index (χ4v) is 2.21. The molecule has 0 N–H and O–H groups in total. The summed E-state index contributed by atoms with van der Waals surface area (Å²) in [6.45, 7) is 0.199. The second-order valence-electron chi connectivity index (χ2n) is 3.83. The molecule has 0 aliphatic carbocycles. The molecular weight excluding hydrogens is 351 g/mol. The lowest BCUT2D eigenvalue weighted by Crippen LogP contribution is -2.05. The van der Waals surface area contributed by atoms with Gasteiger partial charge in [0, 0.05) is 9.50 Å². The molecule has 19 heavy (non-hydrogen) atoms. The summed E-state index contributed by atoms with van der Waals surface area (Å²) in [6.07, 6.45) is 0. The molecule has 0 heterocycles. The quantitative estimate of drug-likeness (QED) is 0.711. The average molecular weight is 360 g/mol. The lowest BCUT2D eigenvalue weighted by atomic mass is 10.2. The van der Waals surface area contributed by atoms with Gasteiger partial charge in [-0.2, -0.15) is 0 Å². The van der Waals surface area contributed by atoms with Crippen molar-refractivity contribution in [2.24, 2.45) is 0 Å². The molecule has 0 aromatic heterocycles. The molecule has 0 aliphatic heterocycles. The second kappa shape index (κ2) is 6.42. The maximum Gasteiger partial charge on any atom is 0.339 e. The van der Waals surface area contributed by atoms with Gasteiger partial charge in [-0.3, -0.25) is 0 Å². The molecule has 0 radical (unpaired) electrons. The highest BCUT2D eigenvalue weighted by atomic mass is 79.9. The van der Waals surface area contributed by atoms with E-state index < -0.39 is 5.97 Å². The Morgan fingerprint density at radius 1 is 1.11 bits per heavy atom. The molecule has 0 saturated carbocycles. The Morgan fingerprint density at radius 3 is 2.42 bits per heavy atom. The Bertz CT molecular complexity index is 597. The van der Waals surface area contributed by atoms with Crippen molar-refractivity contribution >= 4 is 45.1 Å². The zero-order valence-electron chi connectivity index (χ0n) is 9.70. The van der Waals surface area contributed by atoms with E-state index in [9.17, 15) is 4.79 Å². The van der Waals surface area contributed by atoms with E-state index >= 15 is 0 Å². The van der Waals surface area contributed by atoms with Crippen LogP contribution in [0.3, 0.4) is 0 Å². The van der Waals surface area contributed by atoms with Gasteiger partial charge in [-0.05, 0) is 35.9 Å². The third-order valence-electron chi connectivity index (χ3n) is 2.43. The van der Waals surface area contributed by atoms with Crippen molar-refractivity contribution in [3.8, 4) is 0 Å². The monoisotopic (exact) mass is 358 g/mol. The first-order valence-electron chi connectivity index (χ1n) is 5.43. The third kappa shape index (κ3) is 3.96. The number of halogens is 3. The standard InChI is InChI=1S/C14H9BrCl2O2/c15-10-3-1-9(2-4-10)8-19-14(18)12-6-5-11(16)7-13(12)17/h1-7H,8H2. The maximum atomic E-state index is 11.9. The van der Waals surface area contributed by atoms with Crippen molar-refractivity contribution in [1.82, 2.24) is 0 Å². The molecule has 0 aliphatic rings. The zero-order chi connectivity index (χ0) is 13.8. The van der Waals surface area contributed by atoms with Gasteiger partial charge >= 0.3 is 5.97 Å². The SMILES string of the molecule is O=C(OCc1ccc(Br)cc1)c1ccc(Cl)cc1Cl. The van der Waals surface area contributed by atoms with Crippen LogP contribution in [-0.4, -0.2) is 5.97 Å². The predicted octanol–water partition coefficient (Wildman–Crippen LogP) is 5.11. The molecule has 0 spiro atoms. The number of ether oxygens (including phenoxy) is 1. The molecule has 2 nitrogen and oxygen atoms in total. The number of hydrogen-bond acceptors (Lipinski definition) is 2. The zero-order valence-corrected chi connectivity index (χ0v) is 12.8. The van der Waals surface area contributed by atoms with Gasteiger partial charge in [-0.25, -0.2) is 4.79 Å². The second-order valence-corrected chi connectivity index (χ2v) is 5.59. The van der Waals surface area contributed by atoms with Crippen LogP contribution in [0.4, 0.5) is 0 Å². The molecular formula is C14H9BrCl2O2. The van der Waals surface area contributed by atoms with Crippen LogP contribution in [0.5, 0.6) is 0 Å². The highest BCUT2D eigenvalue weighted by Gasteiger charge is 2.12. The molecule has 0 bridgehead atoms. The minimum absolute atomic E-state index is 0.199. The molecule has 0 fully saturated rings. The largest absolute Gasteiger partial charge is 0.457 e. The van der Waals surface area contributed by atoms with E-state index in [-0.39, 0.29) is 11.6 Å². The van der Waals surface area contributed by atoms with E-state index in [1.54, 1.807) is 12.1 Å². The Labute approximate surface area is 129 Å². The maximum absolute atomic E-state index is 11.9. The fourth-order valence-electron chi connectivity index (χ4n) is 1.46. The highest BCUT2D eigenvalue weighted by Crippen LogP contribution is 2.22. The number of carbonyl (C=O) groups excluding carboxylic acids is 1. The smallest absolute Gasteiger partial charge is 0.339 e. The van der Waals surface area contributed by atoms with Crippen LogP contribution in [0.2, 0.25) is 10.0 Å². The molecule has 0 atom stereocenters.